The fraction of sp³-hybridized carbons (Fsp3) is 0.458. The highest BCUT2D eigenvalue weighted by molar-refractivity contribution is 5.97. The lowest BCUT2D eigenvalue weighted by Gasteiger charge is -2.14. The van der Waals surface area contributed by atoms with Crippen LogP contribution in [0.4, 0.5) is 0 Å². The van der Waals surface area contributed by atoms with Crippen LogP contribution in [0, 0.1) is 0 Å². The first-order valence-corrected chi connectivity index (χ1v) is 11.2. The Balaban J connectivity index is 1.42. The van der Waals surface area contributed by atoms with Crippen molar-refractivity contribution in [2.45, 2.75) is 65.3 Å². The van der Waals surface area contributed by atoms with Gasteiger partial charge in [-0.25, -0.2) is 0 Å². The fourth-order valence-electron chi connectivity index (χ4n) is 3.54. The zero-order valence-electron chi connectivity index (χ0n) is 18.8. The van der Waals surface area contributed by atoms with Crippen LogP contribution in [-0.2, 0) is 25.8 Å². The Morgan fingerprint density at radius 2 is 2.00 bits per heavy atom. The Morgan fingerprint density at radius 3 is 2.75 bits per heavy atom. The molecule has 8 nitrogen and oxygen atoms in total. The third-order valence-electron chi connectivity index (χ3n) is 5.21. The predicted octanol–water partition coefficient (Wildman–Crippen LogP) is 3.96. The number of benzene rings is 1. The van der Waals surface area contributed by atoms with Crippen molar-refractivity contribution in [1.82, 2.24) is 25.2 Å². The Labute approximate surface area is 188 Å². The molecule has 0 bridgehead atoms. The molecule has 0 fully saturated rings. The molecule has 0 atom stereocenters. The predicted molar refractivity (Wildman–Crippen MR) is 121 cm³/mol. The van der Waals surface area contributed by atoms with Gasteiger partial charge in [-0.05, 0) is 68.0 Å². The number of aryl methyl sites for hydroxylation is 3. The fourth-order valence-corrected chi connectivity index (χ4v) is 3.54. The van der Waals surface area contributed by atoms with E-state index in [1.54, 1.807) is 23.1 Å². The van der Waals surface area contributed by atoms with E-state index in [4.69, 9.17) is 4.74 Å². The number of aromatic hydroxyl groups is 1. The number of carbonyl (C=O) groups excluding carboxylic acids is 1. The molecule has 170 valence electrons. The molecule has 32 heavy (non-hydrogen) atoms. The second-order valence-electron chi connectivity index (χ2n) is 7.82. The summed E-state index contributed by atoms with van der Waals surface area (Å²) in [6.45, 7) is 4.69. The van der Waals surface area contributed by atoms with Crippen LogP contribution in [0.2, 0.25) is 0 Å². The number of tetrazole rings is 1. The van der Waals surface area contributed by atoms with Crippen LogP contribution in [0.25, 0.3) is 0 Å². The summed E-state index contributed by atoms with van der Waals surface area (Å²) in [5.74, 6) is 1.20. The van der Waals surface area contributed by atoms with E-state index in [1.807, 2.05) is 19.2 Å². The highest BCUT2D eigenvalue weighted by Crippen LogP contribution is 2.33. The van der Waals surface area contributed by atoms with Crippen LogP contribution < -0.4 is 4.74 Å². The van der Waals surface area contributed by atoms with Gasteiger partial charge < -0.3 is 9.84 Å². The molecule has 0 spiro atoms. The zero-order chi connectivity index (χ0) is 22.8. The topological polar surface area (TPSA) is 103 Å². The molecule has 0 saturated heterocycles. The molecule has 0 unspecified atom stereocenters. The van der Waals surface area contributed by atoms with Gasteiger partial charge in [0.05, 0.1) is 18.7 Å². The first-order valence-electron chi connectivity index (χ1n) is 11.2. The molecule has 1 N–H and O–H groups in total. The van der Waals surface area contributed by atoms with Gasteiger partial charge in [-0.2, -0.15) is 4.80 Å². The summed E-state index contributed by atoms with van der Waals surface area (Å²) in [6, 6.07) is 7.43. The lowest BCUT2D eigenvalue weighted by molar-refractivity contribution is 0.101. The molecule has 0 saturated carbocycles. The molecule has 0 aliphatic carbocycles. The lowest BCUT2D eigenvalue weighted by atomic mass is 10.0. The minimum atomic E-state index is -0.155. The Hall–Kier alpha value is -3.29. The van der Waals surface area contributed by atoms with Crippen molar-refractivity contribution in [3.8, 4) is 11.5 Å². The molecule has 0 aliphatic rings. The van der Waals surface area contributed by atoms with E-state index in [0.717, 1.165) is 38.6 Å². The lowest BCUT2D eigenvalue weighted by Crippen LogP contribution is -2.05. The third-order valence-corrected chi connectivity index (χ3v) is 5.21. The molecule has 3 aromatic rings. The van der Waals surface area contributed by atoms with Gasteiger partial charge in [0.2, 0.25) is 0 Å². The average Bonchev–Trinajstić information content (AvgIpc) is 3.24. The number of nitrogens with zero attached hydrogens (tertiary/aromatic N) is 5. The van der Waals surface area contributed by atoms with Gasteiger partial charge in [-0.15, -0.1) is 10.2 Å². The SMILES string of the molecule is CCCc1c(OCCCc2nnn(CCCCc3cccnc3)n2)ccc(C(C)=O)c1O. The smallest absolute Gasteiger partial charge is 0.174 e. The van der Waals surface area contributed by atoms with Crippen molar-refractivity contribution < 1.29 is 14.6 Å². The molecule has 2 aromatic heterocycles. The van der Waals surface area contributed by atoms with Crippen molar-refractivity contribution in [2.75, 3.05) is 6.61 Å². The molecule has 8 heteroatoms. The molecule has 2 heterocycles. The van der Waals surface area contributed by atoms with Gasteiger partial charge in [0.25, 0.3) is 0 Å². The number of unbranched alkanes of at least 4 members (excludes halogenated alkanes) is 1. The van der Waals surface area contributed by atoms with Gasteiger partial charge in [0, 0.05) is 24.4 Å². The quantitative estimate of drug-likeness (QED) is 0.319. The van der Waals surface area contributed by atoms with Crippen LogP contribution in [0.5, 0.6) is 11.5 Å². The van der Waals surface area contributed by atoms with E-state index < -0.39 is 0 Å². The van der Waals surface area contributed by atoms with Gasteiger partial charge in [-0.1, -0.05) is 19.4 Å². The summed E-state index contributed by atoms with van der Waals surface area (Å²) in [6.07, 6.45) is 9.60. The highest BCUT2D eigenvalue weighted by Gasteiger charge is 2.16. The number of hydrogen-bond acceptors (Lipinski definition) is 7. The van der Waals surface area contributed by atoms with Gasteiger partial charge >= 0.3 is 0 Å². The molecule has 3 rings (SSSR count). The Morgan fingerprint density at radius 1 is 1.12 bits per heavy atom. The first kappa shape index (κ1) is 23.4. The second kappa shape index (κ2) is 11.9. The summed E-state index contributed by atoms with van der Waals surface area (Å²) in [5.41, 5.74) is 2.27. The largest absolute Gasteiger partial charge is 0.507 e. The number of rotatable bonds is 13. The van der Waals surface area contributed by atoms with E-state index in [-0.39, 0.29) is 11.5 Å². The summed E-state index contributed by atoms with van der Waals surface area (Å²) in [7, 11) is 0. The molecular weight excluding hydrogens is 406 g/mol. The van der Waals surface area contributed by atoms with Crippen molar-refractivity contribution in [2.24, 2.45) is 0 Å². The van der Waals surface area contributed by atoms with Crippen LogP contribution in [0.1, 0.15) is 66.8 Å². The number of hydrogen-bond donors (Lipinski definition) is 1. The zero-order valence-corrected chi connectivity index (χ0v) is 18.8. The minimum absolute atomic E-state index is 0.0324. The average molecular weight is 438 g/mol. The Bertz CT molecular complexity index is 1000. The van der Waals surface area contributed by atoms with Crippen LogP contribution in [0.3, 0.4) is 0 Å². The highest BCUT2D eigenvalue weighted by atomic mass is 16.5. The summed E-state index contributed by atoms with van der Waals surface area (Å²) in [4.78, 5) is 17.5. The third kappa shape index (κ3) is 6.60. The molecule has 0 radical (unpaired) electrons. The van der Waals surface area contributed by atoms with E-state index in [2.05, 4.69) is 26.5 Å². The maximum atomic E-state index is 11.7. The molecule has 0 amide bonds. The number of phenolic OH excluding ortho intramolecular Hbond substituents is 1. The van der Waals surface area contributed by atoms with Gasteiger partial charge in [-0.3, -0.25) is 9.78 Å². The summed E-state index contributed by atoms with van der Waals surface area (Å²) in [5, 5.41) is 23.1. The summed E-state index contributed by atoms with van der Waals surface area (Å²) >= 11 is 0. The minimum Gasteiger partial charge on any atom is -0.507 e. The first-order chi connectivity index (χ1) is 15.6. The molecular formula is C24H31N5O3. The number of ketones is 1. The van der Waals surface area contributed by atoms with Crippen molar-refractivity contribution in [3.63, 3.8) is 0 Å². The van der Waals surface area contributed by atoms with E-state index in [0.29, 0.717) is 42.1 Å². The standard InChI is InChI=1S/C24H31N5O3/c1-3-8-21-22(13-12-20(18(2)30)24(21)31)32-16-7-11-23-26-28-29(27-23)15-5-4-9-19-10-6-14-25-17-19/h6,10,12-14,17,31H,3-5,7-9,11,15-16H2,1-2H3. The van der Waals surface area contributed by atoms with E-state index in [1.165, 1.54) is 12.5 Å². The number of pyridine rings is 1. The monoisotopic (exact) mass is 437 g/mol. The van der Waals surface area contributed by atoms with E-state index >= 15 is 0 Å². The maximum absolute atomic E-state index is 11.7. The molecule has 0 aliphatic heterocycles. The van der Waals surface area contributed by atoms with Gasteiger partial charge in [0.15, 0.2) is 11.6 Å². The van der Waals surface area contributed by atoms with Crippen LogP contribution in [-0.4, -0.2) is 42.7 Å². The number of phenols is 1. The van der Waals surface area contributed by atoms with E-state index in [9.17, 15) is 9.90 Å². The van der Waals surface area contributed by atoms with Gasteiger partial charge in [0.1, 0.15) is 11.5 Å². The van der Waals surface area contributed by atoms with Crippen LogP contribution >= 0.6 is 0 Å². The van der Waals surface area contributed by atoms with Crippen LogP contribution in [0.15, 0.2) is 36.7 Å². The normalized spacial score (nSPS) is 10.9. The van der Waals surface area contributed by atoms with Crippen molar-refractivity contribution in [3.05, 3.63) is 59.2 Å². The maximum Gasteiger partial charge on any atom is 0.174 e. The second-order valence-corrected chi connectivity index (χ2v) is 7.82. The summed E-state index contributed by atoms with van der Waals surface area (Å²) < 4.78 is 5.90. The number of Topliss-reactive ketones (excluding diaryl/α,β-unsaturated/α-hetero) is 1. The number of aromatic nitrogens is 5. The number of carbonyl (C=O) groups is 1. The molecule has 1 aromatic carbocycles. The number of ether oxygens (including phenoxy) is 1. The van der Waals surface area contributed by atoms with Crippen molar-refractivity contribution in [1.29, 1.82) is 0 Å². The Kier molecular flexibility index (Phi) is 8.71. The van der Waals surface area contributed by atoms with Crippen molar-refractivity contribution >= 4 is 5.78 Å².